The lowest BCUT2D eigenvalue weighted by Crippen LogP contribution is -2.31. The number of rotatable bonds is 8. The molecule has 3 aromatic carbocycles. The highest BCUT2D eigenvalue weighted by molar-refractivity contribution is 8.00. The van der Waals surface area contributed by atoms with Crippen molar-refractivity contribution in [3.63, 3.8) is 0 Å². The number of imide groups is 1. The van der Waals surface area contributed by atoms with Crippen molar-refractivity contribution in [2.24, 2.45) is 0 Å². The van der Waals surface area contributed by atoms with Crippen LogP contribution < -0.4 is 15.5 Å². The molecule has 1 aliphatic heterocycles. The number of aryl methyl sites for hydroxylation is 3. The number of benzene rings is 3. The summed E-state index contributed by atoms with van der Waals surface area (Å²) in [7, 11) is 0. The van der Waals surface area contributed by atoms with E-state index in [9.17, 15) is 19.2 Å². The van der Waals surface area contributed by atoms with Crippen molar-refractivity contribution in [3.05, 3.63) is 119 Å². The van der Waals surface area contributed by atoms with Crippen LogP contribution in [0.2, 0.25) is 0 Å². The highest BCUT2D eigenvalue weighted by atomic mass is 32.2. The molecule has 8 nitrogen and oxygen atoms in total. The number of carbonyl (C=O) groups excluding carboxylic acids is 4. The van der Waals surface area contributed by atoms with E-state index >= 15 is 0 Å². The van der Waals surface area contributed by atoms with Crippen molar-refractivity contribution in [1.29, 1.82) is 0 Å². The first-order chi connectivity index (χ1) is 20.2. The molecule has 1 aromatic heterocycles. The molecule has 4 amide bonds. The van der Waals surface area contributed by atoms with Gasteiger partial charge in [-0.05, 0) is 86.5 Å². The molecule has 0 bridgehead atoms. The summed E-state index contributed by atoms with van der Waals surface area (Å²) in [4.78, 5) is 54.2. The minimum absolute atomic E-state index is 0.00291. The molecular formula is C33H29N3O5S. The smallest absolute Gasteiger partial charge is 0.272 e. The number of carbonyl (C=O) groups is 4. The fraction of sp³-hybridized carbons (Fsp3) is 0.152. The third kappa shape index (κ3) is 6.53. The highest BCUT2D eigenvalue weighted by Gasteiger charge is 2.40. The van der Waals surface area contributed by atoms with Crippen molar-refractivity contribution in [1.82, 2.24) is 5.32 Å². The van der Waals surface area contributed by atoms with Crippen molar-refractivity contribution < 1.29 is 23.6 Å². The fourth-order valence-electron chi connectivity index (χ4n) is 4.46. The largest absolute Gasteiger partial charge is 0.462 e. The van der Waals surface area contributed by atoms with E-state index in [0.29, 0.717) is 33.4 Å². The van der Waals surface area contributed by atoms with Gasteiger partial charge in [0.1, 0.15) is 17.2 Å². The van der Waals surface area contributed by atoms with E-state index in [0.717, 1.165) is 11.1 Å². The van der Waals surface area contributed by atoms with Crippen LogP contribution in [0.1, 0.15) is 39.4 Å². The fourth-order valence-corrected chi connectivity index (χ4v) is 5.57. The molecule has 9 heteroatoms. The highest BCUT2D eigenvalue weighted by Crippen LogP contribution is 2.35. The van der Waals surface area contributed by atoms with Crippen LogP contribution in [0.3, 0.4) is 0 Å². The van der Waals surface area contributed by atoms with E-state index in [1.807, 2.05) is 32.0 Å². The Morgan fingerprint density at radius 2 is 1.69 bits per heavy atom. The molecule has 42 heavy (non-hydrogen) atoms. The Bertz CT molecular complexity index is 1710. The van der Waals surface area contributed by atoms with E-state index in [-0.39, 0.29) is 23.9 Å². The first-order valence-corrected chi connectivity index (χ1v) is 14.2. The van der Waals surface area contributed by atoms with Gasteiger partial charge in [0.2, 0.25) is 11.8 Å². The number of amides is 4. The summed E-state index contributed by atoms with van der Waals surface area (Å²) in [6, 6.07) is 24.6. The molecule has 212 valence electrons. The summed E-state index contributed by atoms with van der Waals surface area (Å²) in [6.45, 7) is 5.71. The van der Waals surface area contributed by atoms with Crippen molar-refractivity contribution in [2.75, 3.05) is 10.2 Å². The molecule has 5 rings (SSSR count). The van der Waals surface area contributed by atoms with Gasteiger partial charge >= 0.3 is 0 Å². The zero-order valence-corrected chi connectivity index (χ0v) is 24.2. The summed E-state index contributed by atoms with van der Waals surface area (Å²) in [6.07, 6.45) is 1.54. The SMILES string of the molecule is Cc1ccc(/C=C(/NC(=O)c2ccccc2)C(=O)Nc2cccc(S[C@H]3CC(=O)N(c4ccc(C)c(C)c4)C3=O)c2)o1. The minimum Gasteiger partial charge on any atom is -0.462 e. The Morgan fingerprint density at radius 3 is 2.40 bits per heavy atom. The van der Waals surface area contributed by atoms with Crippen molar-refractivity contribution in [3.8, 4) is 0 Å². The van der Waals surface area contributed by atoms with Gasteiger partial charge < -0.3 is 15.1 Å². The maximum atomic E-state index is 13.3. The monoisotopic (exact) mass is 579 g/mol. The zero-order valence-electron chi connectivity index (χ0n) is 23.3. The zero-order chi connectivity index (χ0) is 29.8. The number of anilines is 2. The van der Waals surface area contributed by atoms with Gasteiger partial charge in [-0.2, -0.15) is 0 Å². The molecule has 0 unspecified atom stereocenters. The Labute approximate surface area is 247 Å². The molecule has 2 heterocycles. The first-order valence-electron chi connectivity index (χ1n) is 13.3. The predicted molar refractivity (Wildman–Crippen MR) is 163 cm³/mol. The second-order valence-corrected chi connectivity index (χ2v) is 11.2. The van der Waals surface area contributed by atoms with Crippen molar-refractivity contribution in [2.45, 2.75) is 37.3 Å². The van der Waals surface area contributed by atoms with Crippen LogP contribution in [-0.4, -0.2) is 28.9 Å². The number of nitrogens with one attached hydrogen (secondary N) is 2. The Kier molecular flexibility index (Phi) is 8.40. The number of nitrogens with zero attached hydrogens (tertiary/aromatic N) is 1. The summed E-state index contributed by atoms with van der Waals surface area (Å²) in [5.41, 5.74) is 3.51. The first kappa shape index (κ1) is 28.6. The van der Waals surface area contributed by atoms with Gasteiger partial charge in [-0.15, -0.1) is 11.8 Å². The van der Waals surface area contributed by atoms with E-state index in [1.54, 1.807) is 73.7 Å². The van der Waals surface area contributed by atoms with Gasteiger partial charge in [-0.25, -0.2) is 4.90 Å². The molecule has 0 aliphatic carbocycles. The maximum absolute atomic E-state index is 13.3. The van der Waals surface area contributed by atoms with Crippen LogP contribution in [0.4, 0.5) is 11.4 Å². The van der Waals surface area contributed by atoms with Crippen LogP contribution in [-0.2, 0) is 14.4 Å². The maximum Gasteiger partial charge on any atom is 0.272 e. The number of hydrogen-bond acceptors (Lipinski definition) is 6. The molecular weight excluding hydrogens is 550 g/mol. The molecule has 1 atom stereocenters. The lowest BCUT2D eigenvalue weighted by molar-refractivity contribution is -0.121. The Morgan fingerprint density at radius 1 is 0.905 bits per heavy atom. The minimum atomic E-state index is -0.590. The predicted octanol–water partition coefficient (Wildman–Crippen LogP) is 6.04. The third-order valence-corrected chi connectivity index (χ3v) is 7.98. The van der Waals surface area contributed by atoms with Crippen LogP contribution in [0, 0.1) is 20.8 Å². The van der Waals surface area contributed by atoms with Gasteiger partial charge in [-0.3, -0.25) is 19.2 Å². The topological polar surface area (TPSA) is 109 Å². The van der Waals surface area contributed by atoms with Crippen LogP contribution in [0.25, 0.3) is 6.08 Å². The number of thioether (sulfide) groups is 1. The summed E-state index contributed by atoms with van der Waals surface area (Å²) >= 11 is 1.27. The number of hydrogen-bond donors (Lipinski definition) is 2. The lowest BCUT2D eigenvalue weighted by atomic mass is 10.1. The summed E-state index contributed by atoms with van der Waals surface area (Å²) < 4.78 is 5.59. The quantitative estimate of drug-likeness (QED) is 0.195. The molecule has 2 N–H and O–H groups in total. The van der Waals surface area contributed by atoms with Gasteiger partial charge in [0.25, 0.3) is 11.8 Å². The summed E-state index contributed by atoms with van der Waals surface area (Å²) in [5.74, 6) is -0.442. The van der Waals surface area contributed by atoms with Gasteiger partial charge in [-0.1, -0.05) is 30.3 Å². The van der Waals surface area contributed by atoms with Crippen LogP contribution in [0.5, 0.6) is 0 Å². The molecule has 0 saturated carbocycles. The average Bonchev–Trinajstić information content (AvgIpc) is 3.51. The molecule has 0 radical (unpaired) electrons. The molecule has 0 spiro atoms. The Balaban J connectivity index is 1.31. The van der Waals surface area contributed by atoms with E-state index in [4.69, 9.17) is 4.42 Å². The summed E-state index contributed by atoms with van der Waals surface area (Å²) in [5, 5.41) is 4.91. The standard InChI is InChI=1S/C33H29N3O5S/c1-20-12-14-25(16-21(20)2)36-30(37)19-29(33(36)40)42-27-11-7-10-24(17-27)34-32(39)28(18-26-15-13-22(3)41-26)35-31(38)23-8-5-4-6-9-23/h4-18,29H,19H2,1-3H3,(H,34,39)(H,35,38)/b28-18+/t29-/m0/s1. The average molecular weight is 580 g/mol. The van der Waals surface area contributed by atoms with E-state index < -0.39 is 17.1 Å². The van der Waals surface area contributed by atoms with Crippen LogP contribution >= 0.6 is 11.8 Å². The van der Waals surface area contributed by atoms with E-state index in [2.05, 4.69) is 10.6 Å². The molecule has 1 fully saturated rings. The molecule has 1 saturated heterocycles. The second kappa shape index (κ2) is 12.3. The lowest BCUT2D eigenvalue weighted by Gasteiger charge is -2.16. The third-order valence-electron chi connectivity index (χ3n) is 6.80. The normalized spacial score (nSPS) is 15.2. The van der Waals surface area contributed by atoms with Crippen LogP contribution in [0.15, 0.2) is 99.9 Å². The van der Waals surface area contributed by atoms with Gasteiger partial charge in [0.05, 0.1) is 10.9 Å². The van der Waals surface area contributed by atoms with Gasteiger partial charge in [0.15, 0.2) is 0 Å². The molecule has 1 aliphatic rings. The second-order valence-electron chi connectivity index (χ2n) is 9.96. The van der Waals surface area contributed by atoms with E-state index in [1.165, 1.54) is 22.7 Å². The molecule has 4 aromatic rings. The van der Waals surface area contributed by atoms with Crippen molar-refractivity contribution >= 4 is 52.8 Å². The Hall–Kier alpha value is -4.89. The van der Waals surface area contributed by atoms with Gasteiger partial charge in [0, 0.05) is 28.6 Å². The number of furan rings is 1.